The second-order valence-corrected chi connectivity index (χ2v) is 3.41. The zero-order valence-corrected chi connectivity index (χ0v) is 9.56. The Hall–Kier alpha value is -1.91. The van der Waals surface area contributed by atoms with Gasteiger partial charge in [-0.3, -0.25) is 14.9 Å². The van der Waals surface area contributed by atoms with E-state index in [-0.39, 0.29) is 23.5 Å². The molecule has 1 rings (SSSR count). The molecule has 17 heavy (non-hydrogen) atoms. The van der Waals surface area contributed by atoms with Crippen molar-refractivity contribution in [1.82, 2.24) is 0 Å². The maximum absolute atomic E-state index is 11.1. The zero-order chi connectivity index (χ0) is 13.0. The van der Waals surface area contributed by atoms with Crippen LogP contribution in [0.5, 0.6) is 0 Å². The Labute approximate surface area is 101 Å². The van der Waals surface area contributed by atoms with E-state index in [0.29, 0.717) is 0 Å². The van der Waals surface area contributed by atoms with E-state index in [1.54, 1.807) is 6.92 Å². The minimum Gasteiger partial charge on any atom is -0.490 e. The molecule has 0 radical (unpaired) electrons. The minimum atomic E-state index is -1.53. The van der Waals surface area contributed by atoms with Gasteiger partial charge < -0.3 is 4.74 Å². The number of rotatable bonds is 4. The summed E-state index contributed by atoms with van der Waals surface area (Å²) < 4.78 is 5.04. The van der Waals surface area contributed by atoms with Gasteiger partial charge in [-0.1, -0.05) is 0 Å². The molecular weight excluding hydrogens is 250 g/mol. The van der Waals surface area contributed by atoms with Crippen LogP contribution in [0.3, 0.4) is 0 Å². The molecule has 0 fully saturated rings. The Morgan fingerprint density at radius 3 is 2.71 bits per heavy atom. The number of hydrogen-bond acceptors (Lipinski definition) is 5. The molecule has 0 bridgehead atoms. The lowest BCUT2D eigenvalue weighted by atomic mass is 9.97. The number of carbonyl (C=O) groups excluding carboxylic acids is 2. The Bertz CT molecular complexity index is 473. The number of hydrogen-bond donors (Lipinski definition) is 0. The fourth-order valence-corrected chi connectivity index (χ4v) is 1.56. The standard InChI is InChI=1S/C10H8ClNO5/c1-2-17-9-7(10(11)14)4-3-6(5-13)8(9)12(15)16/h3-4,8H,2H2,1H3. The quantitative estimate of drug-likeness (QED) is 0.325. The summed E-state index contributed by atoms with van der Waals surface area (Å²) in [6, 6.07) is -1.53. The smallest absolute Gasteiger partial charge is 0.305 e. The zero-order valence-electron chi connectivity index (χ0n) is 8.81. The van der Waals surface area contributed by atoms with Gasteiger partial charge in [0.1, 0.15) is 11.5 Å². The van der Waals surface area contributed by atoms with E-state index in [2.05, 4.69) is 0 Å². The molecule has 0 aromatic carbocycles. The Morgan fingerprint density at radius 1 is 1.65 bits per heavy atom. The molecule has 0 saturated heterocycles. The molecule has 0 aromatic heterocycles. The highest BCUT2D eigenvalue weighted by Gasteiger charge is 2.37. The van der Waals surface area contributed by atoms with E-state index in [1.807, 2.05) is 0 Å². The van der Waals surface area contributed by atoms with Crippen LogP contribution in [0.25, 0.3) is 0 Å². The van der Waals surface area contributed by atoms with E-state index in [1.165, 1.54) is 12.0 Å². The molecule has 0 N–H and O–H groups in total. The maximum atomic E-state index is 11.1. The van der Waals surface area contributed by atoms with Gasteiger partial charge in [0.15, 0.2) is 5.76 Å². The van der Waals surface area contributed by atoms with E-state index in [9.17, 15) is 19.7 Å². The minimum absolute atomic E-state index is 0.116. The summed E-state index contributed by atoms with van der Waals surface area (Å²) in [6.45, 7) is 1.72. The topological polar surface area (TPSA) is 86.5 Å². The van der Waals surface area contributed by atoms with Crippen LogP contribution in [0.1, 0.15) is 6.92 Å². The normalized spacial score (nSPS) is 18.9. The summed E-state index contributed by atoms with van der Waals surface area (Å²) in [4.78, 5) is 31.8. The third kappa shape index (κ3) is 2.61. The lowest BCUT2D eigenvalue weighted by molar-refractivity contribution is -0.506. The van der Waals surface area contributed by atoms with Gasteiger partial charge in [0, 0.05) is 4.92 Å². The number of ether oxygens (including phenoxy) is 1. The first-order valence-electron chi connectivity index (χ1n) is 4.66. The first-order valence-corrected chi connectivity index (χ1v) is 5.04. The molecule has 0 spiro atoms. The van der Waals surface area contributed by atoms with Crippen LogP contribution in [-0.2, 0) is 14.3 Å². The fraction of sp³-hybridized carbons (Fsp3) is 0.300. The summed E-state index contributed by atoms with van der Waals surface area (Å²) in [5.74, 6) is 1.23. The van der Waals surface area contributed by atoms with Gasteiger partial charge in [0.25, 0.3) is 5.24 Å². The largest absolute Gasteiger partial charge is 0.490 e. The molecule has 0 aromatic rings. The van der Waals surface area contributed by atoms with Gasteiger partial charge in [-0.25, -0.2) is 4.79 Å². The van der Waals surface area contributed by atoms with Crippen molar-refractivity contribution in [2.24, 2.45) is 0 Å². The highest BCUT2D eigenvalue weighted by molar-refractivity contribution is 6.68. The van der Waals surface area contributed by atoms with Gasteiger partial charge in [-0.15, -0.1) is 0 Å². The summed E-state index contributed by atoms with van der Waals surface area (Å²) >= 11 is 5.29. The second-order valence-electron chi connectivity index (χ2n) is 3.06. The molecule has 0 heterocycles. The van der Waals surface area contributed by atoms with Crippen LogP contribution in [-0.4, -0.2) is 28.8 Å². The van der Waals surface area contributed by atoms with Crippen molar-refractivity contribution in [1.29, 1.82) is 0 Å². The van der Waals surface area contributed by atoms with Crippen molar-refractivity contribution >= 4 is 22.8 Å². The van der Waals surface area contributed by atoms with Crippen molar-refractivity contribution in [3.8, 4) is 0 Å². The van der Waals surface area contributed by atoms with Crippen molar-refractivity contribution in [3.63, 3.8) is 0 Å². The Kier molecular flexibility index (Phi) is 4.20. The number of halogens is 1. The molecule has 0 aliphatic heterocycles. The molecule has 1 atom stereocenters. The predicted octanol–water partition coefficient (Wildman–Crippen LogP) is 1.02. The fourth-order valence-electron chi connectivity index (χ4n) is 1.41. The molecular formula is C10H8ClNO5. The molecule has 1 aliphatic carbocycles. The number of nitrogens with zero attached hydrogens (tertiary/aromatic N) is 1. The van der Waals surface area contributed by atoms with Crippen LogP contribution in [0, 0.1) is 10.1 Å². The average Bonchev–Trinajstić information content (AvgIpc) is 2.27. The van der Waals surface area contributed by atoms with Crippen molar-refractivity contribution in [3.05, 3.63) is 39.2 Å². The van der Waals surface area contributed by atoms with Crippen LogP contribution in [0.2, 0.25) is 0 Å². The van der Waals surface area contributed by atoms with E-state index in [4.69, 9.17) is 16.3 Å². The highest BCUT2D eigenvalue weighted by Crippen LogP contribution is 2.27. The van der Waals surface area contributed by atoms with Gasteiger partial charge in [0.05, 0.1) is 12.2 Å². The summed E-state index contributed by atoms with van der Waals surface area (Å²) in [5.41, 5.74) is -0.325. The lowest BCUT2D eigenvalue weighted by Gasteiger charge is -2.17. The summed E-state index contributed by atoms with van der Waals surface area (Å²) in [7, 11) is 0. The van der Waals surface area contributed by atoms with E-state index < -0.39 is 16.2 Å². The molecule has 1 aliphatic rings. The second kappa shape index (κ2) is 5.43. The molecule has 90 valence electrons. The maximum Gasteiger partial charge on any atom is 0.305 e. The predicted molar refractivity (Wildman–Crippen MR) is 58.6 cm³/mol. The molecule has 1 unspecified atom stereocenters. The van der Waals surface area contributed by atoms with Crippen LogP contribution in [0.15, 0.2) is 29.1 Å². The molecule has 0 saturated carbocycles. The van der Waals surface area contributed by atoms with Crippen LogP contribution < -0.4 is 0 Å². The van der Waals surface area contributed by atoms with Gasteiger partial charge >= 0.3 is 6.04 Å². The van der Waals surface area contributed by atoms with E-state index >= 15 is 0 Å². The first-order chi connectivity index (χ1) is 8.02. The summed E-state index contributed by atoms with van der Waals surface area (Å²) in [5, 5.41) is 10.0. The molecule has 0 amide bonds. The van der Waals surface area contributed by atoms with Crippen LogP contribution >= 0.6 is 11.6 Å². The van der Waals surface area contributed by atoms with Gasteiger partial charge in [-0.2, -0.15) is 0 Å². The monoisotopic (exact) mass is 257 g/mol. The third-order valence-electron chi connectivity index (χ3n) is 2.08. The molecule has 6 nitrogen and oxygen atoms in total. The number of allylic oxidation sites excluding steroid dienone is 2. The SMILES string of the molecule is CCOC1=C(C(=O)Cl)C=CC(=C=O)C1[N+](=O)[O-]. The molecule has 7 heteroatoms. The van der Waals surface area contributed by atoms with E-state index in [0.717, 1.165) is 6.08 Å². The van der Waals surface area contributed by atoms with Gasteiger partial charge in [-0.05, 0) is 30.7 Å². The lowest BCUT2D eigenvalue weighted by Crippen LogP contribution is -2.29. The highest BCUT2D eigenvalue weighted by atomic mass is 35.5. The van der Waals surface area contributed by atoms with Crippen molar-refractivity contribution in [2.75, 3.05) is 6.61 Å². The van der Waals surface area contributed by atoms with Crippen LogP contribution in [0.4, 0.5) is 0 Å². The Balaban J connectivity index is 3.38. The first kappa shape index (κ1) is 13.2. The average molecular weight is 258 g/mol. The van der Waals surface area contributed by atoms with Crippen molar-refractivity contribution < 1.29 is 19.2 Å². The summed E-state index contributed by atoms with van der Waals surface area (Å²) in [6.07, 6.45) is 2.35. The third-order valence-corrected chi connectivity index (χ3v) is 2.28. The van der Waals surface area contributed by atoms with Crippen molar-refractivity contribution in [2.45, 2.75) is 13.0 Å². The number of carbonyl (C=O) groups is 1. The van der Waals surface area contributed by atoms with Gasteiger partial charge in [0.2, 0.25) is 0 Å². The number of nitro groups is 1. The Morgan fingerprint density at radius 2 is 2.29 bits per heavy atom.